The number of rotatable bonds is 5. The Bertz CT molecular complexity index is 458. The van der Waals surface area contributed by atoms with Crippen LogP contribution in [0.1, 0.15) is 24.2 Å². The number of nitrogen functional groups attached to an aromatic ring is 1. The summed E-state index contributed by atoms with van der Waals surface area (Å²) in [6.45, 7) is 4.86. The van der Waals surface area contributed by atoms with Crippen molar-refractivity contribution >= 4 is 17.5 Å². The molecular formula is C13H22N4O2. The predicted octanol–water partition coefficient (Wildman–Crippen LogP) is 1.20. The number of hydrogen-bond acceptors (Lipinski definition) is 6. The smallest absolute Gasteiger partial charge is 0.340 e. The molecule has 0 aliphatic rings. The summed E-state index contributed by atoms with van der Waals surface area (Å²) in [5, 5.41) is 3.22. The van der Waals surface area contributed by atoms with Crippen LogP contribution in [0.2, 0.25) is 0 Å². The van der Waals surface area contributed by atoms with E-state index in [4.69, 9.17) is 10.5 Å². The van der Waals surface area contributed by atoms with Gasteiger partial charge in [-0.25, -0.2) is 9.78 Å². The molecule has 0 atom stereocenters. The molecule has 0 aromatic carbocycles. The molecule has 0 amide bonds. The first-order chi connectivity index (χ1) is 8.77. The van der Waals surface area contributed by atoms with Crippen molar-refractivity contribution in [3.63, 3.8) is 0 Å². The van der Waals surface area contributed by atoms with E-state index in [9.17, 15) is 4.79 Å². The molecule has 0 unspecified atom stereocenters. The number of carbonyl (C=O) groups is 1. The Morgan fingerprint density at radius 2 is 2.16 bits per heavy atom. The van der Waals surface area contributed by atoms with Crippen LogP contribution in [0.4, 0.5) is 11.5 Å². The quantitative estimate of drug-likeness (QED) is 0.780. The SMILES string of the molecule is COC(=O)c1cc(N)ncc1NCC(C)(C)N(C)C. The lowest BCUT2D eigenvalue weighted by Crippen LogP contribution is -2.44. The fourth-order valence-corrected chi connectivity index (χ4v) is 1.36. The summed E-state index contributed by atoms with van der Waals surface area (Å²) in [4.78, 5) is 17.8. The Kier molecular flexibility index (Phi) is 4.72. The Morgan fingerprint density at radius 3 is 2.68 bits per heavy atom. The van der Waals surface area contributed by atoms with E-state index in [2.05, 4.69) is 29.0 Å². The summed E-state index contributed by atoms with van der Waals surface area (Å²) in [6, 6.07) is 1.51. The lowest BCUT2D eigenvalue weighted by Gasteiger charge is -2.33. The molecule has 106 valence electrons. The van der Waals surface area contributed by atoms with Gasteiger partial charge in [0.15, 0.2) is 0 Å². The number of carbonyl (C=O) groups excluding carboxylic acids is 1. The normalized spacial score (nSPS) is 11.5. The first kappa shape index (κ1) is 15.2. The van der Waals surface area contributed by atoms with Gasteiger partial charge in [-0.3, -0.25) is 0 Å². The first-order valence-electron chi connectivity index (χ1n) is 6.03. The minimum atomic E-state index is -0.431. The highest BCUT2D eigenvalue weighted by Gasteiger charge is 2.21. The van der Waals surface area contributed by atoms with Crippen LogP contribution in [0.5, 0.6) is 0 Å². The molecule has 0 saturated heterocycles. The highest BCUT2D eigenvalue weighted by atomic mass is 16.5. The van der Waals surface area contributed by atoms with Gasteiger partial charge in [-0.15, -0.1) is 0 Å². The molecule has 1 aromatic heterocycles. The maximum atomic E-state index is 11.7. The average molecular weight is 266 g/mol. The summed E-state index contributed by atoms with van der Waals surface area (Å²) in [7, 11) is 5.35. The number of nitrogens with one attached hydrogen (secondary N) is 1. The topological polar surface area (TPSA) is 80.5 Å². The van der Waals surface area contributed by atoms with Gasteiger partial charge in [-0.05, 0) is 34.0 Å². The van der Waals surface area contributed by atoms with Gasteiger partial charge < -0.3 is 20.7 Å². The van der Waals surface area contributed by atoms with Crippen molar-refractivity contribution in [1.82, 2.24) is 9.88 Å². The van der Waals surface area contributed by atoms with Gasteiger partial charge in [0.2, 0.25) is 0 Å². The Morgan fingerprint density at radius 1 is 1.53 bits per heavy atom. The number of nitrogens with two attached hydrogens (primary N) is 1. The fourth-order valence-electron chi connectivity index (χ4n) is 1.36. The van der Waals surface area contributed by atoms with Crippen molar-refractivity contribution in [2.75, 3.05) is 38.8 Å². The number of pyridine rings is 1. The molecule has 0 spiro atoms. The van der Waals surface area contributed by atoms with Crippen molar-refractivity contribution in [2.45, 2.75) is 19.4 Å². The van der Waals surface area contributed by atoms with E-state index in [-0.39, 0.29) is 11.4 Å². The van der Waals surface area contributed by atoms with Crippen LogP contribution in [0.3, 0.4) is 0 Å². The summed E-state index contributed by atoms with van der Waals surface area (Å²) in [5.41, 5.74) is 6.55. The largest absolute Gasteiger partial charge is 0.465 e. The van der Waals surface area contributed by atoms with Crippen molar-refractivity contribution in [3.05, 3.63) is 17.8 Å². The molecule has 0 radical (unpaired) electrons. The molecule has 6 nitrogen and oxygen atoms in total. The average Bonchev–Trinajstić information content (AvgIpc) is 2.36. The van der Waals surface area contributed by atoms with Crippen LogP contribution in [0, 0.1) is 0 Å². The zero-order valence-electron chi connectivity index (χ0n) is 12.2. The summed E-state index contributed by atoms with van der Waals surface area (Å²) >= 11 is 0. The minimum Gasteiger partial charge on any atom is -0.465 e. The van der Waals surface area contributed by atoms with E-state index in [0.717, 1.165) is 0 Å². The van der Waals surface area contributed by atoms with E-state index >= 15 is 0 Å². The lowest BCUT2D eigenvalue weighted by atomic mass is 10.0. The maximum absolute atomic E-state index is 11.7. The lowest BCUT2D eigenvalue weighted by molar-refractivity contribution is 0.0601. The molecule has 0 saturated carbocycles. The molecule has 1 aromatic rings. The van der Waals surface area contributed by atoms with Crippen molar-refractivity contribution < 1.29 is 9.53 Å². The molecule has 0 aliphatic heterocycles. The molecule has 3 N–H and O–H groups in total. The first-order valence-corrected chi connectivity index (χ1v) is 6.03. The van der Waals surface area contributed by atoms with Crippen LogP contribution in [0.15, 0.2) is 12.3 Å². The fraction of sp³-hybridized carbons (Fsp3) is 0.538. The molecule has 19 heavy (non-hydrogen) atoms. The number of ether oxygens (including phenoxy) is 1. The number of esters is 1. The van der Waals surface area contributed by atoms with Gasteiger partial charge in [0.1, 0.15) is 5.82 Å². The van der Waals surface area contributed by atoms with Crippen molar-refractivity contribution in [1.29, 1.82) is 0 Å². The molecular weight excluding hydrogens is 244 g/mol. The Balaban J connectivity index is 2.92. The Hall–Kier alpha value is -1.82. The van der Waals surface area contributed by atoms with E-state index < -0.39 is 5.97 Å². The second-order valence-electron chi connectivity index (χ2n) is 5.21. The van der Waals surface area contributed by atoms with Gasteiger partial charge >= 0.3 is 5.97 Å². The van der Waals surface area contributed by atoms with Gasteiger partial charge in [-0.2, -0.15) is 0 Å². The molecule has 0 fully saturated rings. The summed E-state index contributed by atoms with van der Waals surface area (Å²) < 4.78 is 4.74. The number of nitrogens with zero attached hydrogens (tertiary/aromatic N) is 2. The van der Waals surface area contributed by atoms with E-state index in [1.165, 1.54) is 13.2 Å². The van der Waals surface area contributed by atoms with Gasteiger partial charge in [-0.1, -0.05) is 0 Å². The highest BCUT2D eigenvalue weighted by Crippen LogP contribution is 2.19. The maximum Gasteiger partial charge on any atom is 0.340 e. The summed E-state index contributed by atoms with van der Waals surface area (Å²) in [5.74, 6) is -0.142. The van der Waals surface area contributed by atoms with E-state index in [1.54, 1.807) is 6.20 Å². The van der Waals surface area contributed by atoms with Gasteiger partial charge in [0, 0.05) is 12.1 Å². The molecule has 0 aliphatic carbocycles. The second-order valence-corrected chi connectivity index (χ2v) is 5.21. The molecule has 0 bridgehead atoms. The number of anilines is 2. The monoisotopic (exact) mass is 266 g/mol. The zero-order valence-corrected chi connectivity index (χ0v) is 12.2. The predicted molar refractivity (Wildman–Crippen MR) is 76.2 cm³/mol. The number of aromatic nitrogens is 1. The molecule has 1 rings (SSSR count). The number of likely N-dealkylation sites (N-methyl/N-ethyl adjacent to an activating group) is 1. The molecule has 1 heterocycles. The van der Waals surface area contributed by atoms with Crippen LogP contribution in [-0.4, -0.2) is 49.1 Å². The van der Waals surface area contributed by atoms with E-state index in [1.807, 2.05) is 14.1 Å². The van der Waals surface area contributed by atoms with Crippen molar-refractivity contribution in [2.24, 2.45) is 0 Å². The van der Waals surface area contributed by atoms with Crippen LogP contribution in [0.25, 0.3) is 0 Å². The summed E-state index contributed by atoms with van der Waals surface area (Å²) in [6.07, 6.45) is 1.55. The second kappa shape index (κ2) is 5.88. The highest BCUT2D eigenvalue weighted by molar-refractivity contribution is 5.96. The minimum absolute atomic E-state index is 0.0607. The van der Waals surface area contributed by atoms with Crippen molar-refractivity contribution in [3.8, 4) is 0 Å². The van der Waals surface area contributed by atoms with Crippen LogP contribution in [-0.2, 0) is 4.74 Å². The van der Waals surface area contributed by atoms with Crippen LogP contribution < -0.4 is 11.1 Å². The zero-order chi connectivity index (χ0) is 14.6. The third kappa shape index (κ3) is 3.82. The standard InChI is InChI=1S/C13H22N4O2/c1-13(2,17(3)4)8-16-10-7-15-11(14)6-9(10)12(18)19-5/h6-7,16H,8H2,1-5H3,(H2,14,15). The Labute approximate surface area is 113 Å². The van der Waals surface area contributed by atoms with E-state index in [0.29, 0.717) is 17.8 Å². The third-order valence-electron chi connectivity index (χ3n) is 3.25. The number of hydrogen-bond donors (Lipinski definition) is 2. The molecule has 6 heteroatoms. The van der Waals surface area contributed by atoms with Gasteiger partial charge in [0.05, 0.1) is 24.6 Å². The third-order valence-corrected chi connectivity index (χ3v) is 3.25. The van der Waals surface area contributed by atoms with Gasteiger partial charge in [0.25, 0.3) is 0 Å². The number of methoxy groups -OCH3 is 1. The van der Waals surface area contributed by atoms with Crippen LogP contribution >= 0.6 is 0 Å².